The van der Waals surface area contributed by atoms with Gasteiger partial charge in [0.25, 0.3) is 0 Å². The zero-order valence-corrected chi connectivity index (χ0v) is 19.1. The number of hydrogen-bond donors (Lipinski definition) is 2. The van der Waals surface area contributed by atoms with Gasteiger partial charge in [0, 0.05) is 55.9 Å². The minimum Gasteiger partial charge on any atom is -0.357 e. The standard InChI is InChI=1S/C22H37N5OS/c1-4-23-22(24-12-10-19-15-29-20(25-19)16(2)3)26-18-11-13-27(14-18)21(28)17-8-6-5-7-9-17/h15-18H,4-14H2,1-3H3,(H2,23,24,26). The summed E-state index contributed by atoms with van der Waals surface area (Å²) in [5, 5.41) is 10.2. The van der Waals surface area contributed by atoms with E-state index in [9.17, 15) is 4.79 Å². The molecule has 2 N–H and O–H groups in total. The summed E-state index contributed by atoms with van der Waals surface area (Å²) in [4.78, 5) is 24.3. The van der Waals surface area contributed by atoms with Crippen molar-refractivity contribution in [3.8, 4) is 0 Å². The molecule has 1 aliphatic carbocycles. The van der Waals surface area contributed by atoms with Crippen LogP contribution < -0.4 is 10.6 Å². The van der Waals surface area contributed by atoms with Gasteiger partial charge in [-0.3, -0.25) is 9.79 Å². The highest BCUT2D eigenvalue weighted by Crippen LogP contribution is 2.26. The smallest absolute Gasteiger partial charge is 0.225 e. The highest BCUT2D eigenvalue weighted by atomic mass is 32.1. The number of hydrogen-bond acceptors (Lipinski definition) is 4. The maximum absolute atomic E-state index is 12.8. The number of likely N-dealkylation sites (tertiary alicyclic amines) is 1. The van der Waals surface area contributed by atoms with Crippen LogP contribution in [0.25, 0.3) is 0 Å². The van der Waals surface area contributed by atoms with Crippen molar-refractivity contribution >= 4 is 23.2 Å². The molecular weight excluding hydrogens is 382 g/mol. The third-order valence-electron chi connectivity index (χ3n) is 5.84. The molecule has 1 amide bonds. The number of guanidine groups is 1. The van der Waals surface area contributed by atoms with E-state index in [1.807, 2.05) is 0 Å². The number of amides is 1. The van der Waals surface area contributed by atoms with Crippen LogP contribution in [0.5, 0.6) is 0 Å². The molecule has 0 spiro atoms. The largest absolute Gasteiger partial charge is 0.357 e. The number of rotatable bonds is 7. The van der Waals surface area contributed by atoms with Gasteiger partial charge in [-0.25, -0.2) is 4.98 Å². The van der Waals surface area contributed by atoms with Gasteiger partial charge >= 0.3 is 0 Å². The fraction of sp³-hybridized carbons (Fsp3) is 0.773. The Morgan fingerprint density at radius 2 is 2.10 bits per heavy atom. The second-order valence-corrected chi connectivity index (χ2v) is 9.48. The van der Waals surface area contributed by atoms with Crippen LogP contribution in [0.3, 0.4) is 0 Å². The van der Waals surface area contributed by atoms with Gasteiger partial charge in [0.05, 0.1) is 10.7 Å². The maximum atomic E-state index is 12.8. The SMILES string of the molecule is CCNC(=NCCc1csc(C(C)C)n1)NC1CCN(C(=O)C2CCCCC2)C1. The molecular formula is C22H37N5OS. The molecule has 0 aromatic carbocycles. The molecule has 2 heterocycles. The number of nitrogens with zero attached hydrogens (tertiary/aromatic N) is 3. The Hall–Kier alpha value is -1.63. The molecule has 2 aliphatic rings. The van der Waals surface area contributed by atoms with Gasteiger partial charge in [0.1, 0.15) is 0 Å². The Bertz CT molecular complexity index is 680. The van der Waals surface area contributed by atoms with Crippen LogP contribution in [-0.2, 0) is 11.2 Å². The lowest BCUT2D eigenvalue weighted by molar-refractivity contribution is -0.135. The van der Waals surface area contributed by atoms with E-state index in [0.29, 0.717) is 18.4 Å². The van der Waals surface area contributed by atoms with Gasteiger partial charge in [0.15, 0.2) is 5.96 Å². The summed E-state index contributed by atoms with van der Waals surface area (Å²) in [6.07, 6.45) is 7.71. The summed E-state index contributed by atoms with van der Waals surface area (Å²) >= 11 is 1.74. The molecule has 1 saturated heterocycles. The van der Waals surface area contributed by atoms with Gasteiger partial charge in [-0.05, 0) is 26.2 Å². The molecule has 6 nitrogen and oxygen atoms in total. The molecule has 2 fully saturated rings. The molecule has 7 heteroatoms. The van der Waals surface area contributed by atoms with Crippen LogP contribution in [-0.4, -0.2) is 54.0 Å². The van der Waals surface area contributed by atoms with Crippen molar-refractivity contribution in [2.45, 2.75) is 77.7 Å². The second-order valence-electron chi connectivity index (χ2n) is 8.59. The zero-order valence-electron chi connectivity index (χ0n) is 18.2. The Morgan fingerprint density at radius 1 is 1.31 bits per heavy atom. The molecule has 1 unspecified atom stereocenters. The van der Waals surface area contributed by atoms with Crippen LogP contribution in [0, 0.1) is 5.92 Å². The van der Waals surface area contributed by atoms with E-state index in [2.05, 4.69) is 41.7 Å². The Labute approximate surface area is 179 Å². The van der Waals surface area contributed by atoms with Crippen molar-refractivity contribution in [2.75, 3.05) is 26.2 Å². The van der Waals surface area contributed by atoms with Crippen molar-refractivity contribution in [1.29, 1.82) is 0 Å². The Balaban J connectivity index is 1.47. The summed E-state index contributed by atoms with van der Waals surface area (Å²) in [6.45, 7) is 9.65. The van der Waals surface area contributed by atoms with Crippen LogP contribution in [0.2, 0.25) is 0 Å². The van der Waals surface area contributed by atoms with E-state index in [1.165, 1.54) is 24.3 Å². The number of carbonyl (C=O) groups is 1. The number of aliphatic imine (C=N–C) groups is 1. The Kier molecular flexibility index (Phi) is 8.33. The highest BCUT2D eigenvalue weighted by Gasteiger charge is 2.31. The topological polar surface area (TPSA) is 69.6 Å². The van der Waals surface area contributed by atoms with Crippen LogP contribution in [0.15, 0.2) is 10.4 Å². The predicted molar refractivity (Wildman–Crippen MR) is 121 cm³/mol. The summed E-state index contributed by atoms with van der Waals surface area (Å²) < 4.78 is 0. The number of aromatic nitrogens is 1. The van der Waals surface area contributed by atoms with Gasteiger partial charge in [-0.15, -0.1) is 11.3 Å². The molecule has 1 aromatic rings. The van der Waals surface area contributed by atoms with Gasteiger partial charge < -0.3 is 15.5 Å². The van der Waals surface area contributed by atoms with E-state index in [-0.39, 0.29) is 12.0 Å². The first kappa shape index (κ1) is 22.1. The molecule has 1 saturated carbocycles. The number of carbonyl (C=O) groups excluding carboxylic acids is 1. The van der Waals surface area contributed by atoms with Gasteiger partial charge in [-0.1, -0.05) is 33.1 Å². The number of thiazole rings is 1. The van der Waals surface area contributed by atoms with Gasteiger partial charge in [0.2, 0.25) is 5.91 Å². The fourth-order valence-electron chi connectivity index (χ4n) is 4.18. The molecule has 162 valence electrons. The summed E-state index contributed by atoms with van der Waals surface area (Å²) in [5.41, 5.74) is 1.13. The lowest BCUT2D eigenvalue weighted by Gasteiger charge is -2.26. The molecule has 29 heavy (non-hydrogen) atoms. The van der Waals surface area contributed by atoms with E-state index in [1.54, 1.807) is 11.3 Å². The molecule has 0 bridgehead atoms. The highest BCUT2D eigenvalue weighted by molar-refractivity contribution is 7.09. The van der Waals surface area contributed by atoms with Crippen LogP contribution in [0.4, 0.5) is 0 Å². The maximum Gasteiger partial charge on any atom is 0.225 e. The first-order valence-electron chi connectivity index (χ1n) is 11.3. The van der Waals surface area contributed by atoms with Gasteiger partial charge in [-0.2, -0.15) is 0 Å². The van der Waals surface area contributed by atoms with Crippen molar-refractivity contribution in [1.82, 2.24) is 20.5 Å². The Morgan fingerprint density at radius 3 is 2.79 bits per heavy atom. The molecule has 0 radical (unpaired) electrons. The minimum absolute atomic E-state index is 0.262. The molecule has 1 aromatic heterocycles. The molecule has 1 aliphatic heterocycles. The van der Waals surface area contributed by atoms with Crippen LogP contribution >= 0.6 is 11.3 Å². The molecule has 1 atom stereocenters. The average Bonchev–Trinajstić information content (AvgIpc) is 3.38. The predicted octanol–water partition coefficient (Wildman–Crippen LogP) is 3.55. The summed E-state index contributed by atoms with van der Waals surface area (Å²) in [7, 11) is 0. The number of nitrogens with one attached hydrogen (secondary N) is 2. The van der Waals surface area contributed by atoms with Crippen molar-refractivity contribution in [3.63, 3.8) is 0 Å². The van der Waals surface area contributed by atoms with Crippen LogP contribution in [0.1, 0.15) is 75.9 Å². The van der Waals surface area contributed by atoms with Crippen molar-refractivity contribution in [2.24, 2.45) is 10.9 Å². The third kappa shape index (κ3) is 6.43. The normalized spacial score (nSPS) is 21.0. The van der Waals surface area contributed by atoms with E-state index in [4.69, 9.17) is 9.98 Å². The van der Waals surface area contributed by atoms with E-state index >= 15 is 0 Å². The van der Waals surface area contributed by atoms with Crippen molar-refractivity contribution < 1.29 is 4.79 Å². The lowest BCUT2D eigenvalue weighted by atomic mass is 9.88. The minimum atomic E-state index is 0.262. The fourth-order valence-corrected chi connectivity index (χ4v) is 5.05. The summed E-state index contributed by atoms with van der Waals surface area (Å²) in [5.74, 6) is 1.97. The zero-order chi connectivity index (χ0) is 20.6. The first-order chi connectivity index (χ1) is 14.1. The van der Waals surface area contributed by atoms with Crippen molar-refractivity contribution in [3.05, 3.63) is 16.1 Å². The third-order valence-corrected chi connectivity index (χ3v) is 7.03. The monoisotopic (exact) mass is 419 g/mol. The average molecular weight is 420 g/mol. The second kappa shape index (κ2) is 11.0. The molecule has 3 rings (SSSR count). The van der Waals surface area contributed by atoms with E-state index < -0.39 is 0 Å². The first-order valence-corrected chi connectivity index (χ1v) is 12.2. The quantitative estimate of drug-likeness (QED) is 0.524. The van der Waals surface area contributed by atoms with E-state index in [0.717, 1.165) is 57.0 Å². The summed E-state index contributed by atoms with van der Waals surface area (Å²) in [6, 6.07) is 0.284. The lowest BCUT2D eigenvalue weighted by Crippen LogP contribution is -2.45.